The largest absolute Gasteiger partial charge is 0.497 e. The van der Waals surface area contributed by atoms with E-state index in [-0.39, 0.29) is 5.97 Å². The highest BCUT2D eigenvalue weighted by Crippen LogP contribution is 2.17. The van der Waals surface area contributed by atoms with Crippen LogP contribution in [0.3, 0.4) is 0 Å². The Bertz CT molecular complexity index is 399. The third-order valence-corrected chi connectivity index (χ3v) is 1.95. The van der Waals surface area contributed by atoms with E-state index in [4.69, 9.17) is 4.74 Å². The van der Waals surface area contributed by atoms with Crippen LogP contribution in [0.5, 0.6) is 5.75 Å². The van der Waals surface area contributed by atoms with E-state index in [0.29, 0.717) is 5.70 Å². The number of carbonyl (C=O) groups excluding carboxylic acids is 1. The van der Waals surface area contributed by atoms with Gasteiger partial charge in [0.1, 0.15) is 5.75 Å². The van der Waals surface area contributed by atoms with Gasteiger partial charge in [0.15, 0.2) is 0 Å². The lowest BCUT2D eigenvalue weighted by atomic mass is 10.3. The van der Waals surface area contributed by atoms with Crippen LogP contribution < -0.4 is 10.1 Å². The first-order valence-corrected chi connectivity index (χ1v) is 4.83. The summed E-state index contributed by atoms with van der Waals surface area (Å²) in [6, 6.07) is 7.45. The normalized spacial score (nSPS) is 10.8. The fourth-order valence-corrected chi connectivity index (χ4v) is 1.20. The molecule has 0 saturated heterocycles. The molecule has 4 heteroatoms. The third-order valence-electron chi connectivity index (χ3n) is 1.95. The van der Waals surface area contributed by atoms with Crippen LogP contribution in [0.25, 0.3) is 0 Å². The Labute approximate surface area is 94.9 Å². The number of esters is 1. The smallest absolute Gasteiger partial charge is 0.332 e. The standard InChI is InChI=1S/C12H15NO3/c1-9(7-12(14)16-3)13-10-5-4-6-11(8-10)15-2/h4-8,13H,1-3H3/b9-7+. The fourth-order valence-electron chi connectivity index (χ4n) is 1.20. The predicted molar refractivity (Wildman–Crippen MR) is 62.4 cm³/mol. The number of allylic oxidation sites excluding steroid dienone is 1. The molecule has 0 aliphatic heterocycles. The highest BCUT2D eigenvalue weighted by molar-refractivity contribution is 5.83. The minimum absolute atomic E-state index is 0.382. The second kappa shape index (κ2) is 5.80. The number of hydrogen-bond acceptors (Lipinski definition) is 4. The summed E-state index contributed by atoms with van der Waals surface area (Å²) in [7, 11) is 2.95. The van der Waals surface area contributed by atoms with Gasteiger partial charge in [-0.25, -0.2) is 4.79 Å². The molecule has 0 fully saturated rings. The second-order valence-corrected chi connectivity index (χ2v) is 3.21. The molecule has 0 heterocycles. The molecule has 1 aromatic rings. The van der Waals surface area contributed by atoms with Crippen molar-refractivity contribution in [3.8, 4) is 5.75 Å². The zero-order chi connectivity index (χ0) is 12.0. The summed E-state index contributed by atoms with van der Waals surface area (Å²) in [5.41, 5.74) is 1.57. The summed E-state index contributed by atoms with van der Waals surface area (Å²) < 4.78 is 9.61. The lowest BCUT2D eigenvalue weighted by Crippen LogP contribution is -2.02. The van der Waals surface area contributed by atoms with Crippen LogP contribution in [0.2, 0.25) is 0 Å². The number of anilines is 1. The summed E-state index contributed by atoms with van der Waals surface area (Å²) >= 11 is 0. The number of ether oxygens (including phenoxy) is 2. The van der Waals surface area contributed by atoms with Gasteiger partial charge in [0.25, 0.3) is 0 Å². The molecule has 0 bridgehead atoms. The average molecular weight is 221 g/mol. The minimum Gasteiger partial charge on any atom is -0.497 e. The molecule has 0 spiro atoms. The Morgan fingerprint density at radius 1 is 1.38 bits per heavy atom. The number of nitrogens with one attached hydrogen (secondary N) is 1. The van der Waals surface area contributed by atoms with E-state index >= 15 is 0 Å². The van der Waals surface area contributed by atoms with E-state index in [1.54, 1.807) is 14.0 Å². The van der Waals surface area contributed by atoms with Crippen molar-refractivity contribution in [1.82, 2.24) is 0 Å². The molecule has 0 amide bonds. The van der Waals surface area contributed by atoms with Crippen LogP contribution >= 0.6 is 0 Å². The zero-order valence-electron chi connectivity index (χ0n) is 9.61. The molecule has 1 N–H and O–H groups in total. The maximum atomic E-state index is 11.0. The van der Waals surface area contributed by atoms with Gasteiger partial charge >= 0.3 is 5.97 Å². The first-order valence-electron chi connectivity index (χ1n) is 4.83. The van der Waals surface area contributed by atoms with E-state index in [0.717, 1.165) is 11.4 Å². The average Bonchev–Trinajstić information content (AvgIpc) is 2.28. The Balaban J connectivity index is 2.72. The van der Waals surface area contributed by atoms with Gasteiger partial charge in [0.2, 0.25) is 0 Å². The van der Waals surface area contributed by atoms with Crippen molar-refractivity contribution in [3.63, 3.8) is 0 Å². The van der Waals surface area contributed by atoms with Gasteiger partial charge in [-0.15, -0.1) is 0 Å². The molecule has 0 radical (unpaired) electrons. The number of hydrogen-bond donors (Lipinski definition) is 1. The molecule has 86 valence electrons. The first kappa shape index (κ1) is 12.1. The van der Waals surface area contributed by atoms with E-state index in [9.17, 15) is 4.79 Å². The number of rotatable bonds is 4. The van der Waals surface area contributed by atoms with Gasteiger partial charge < -0.3 is 14.8 Å². The minimum atomic E-state index is -0.382. The number of carbonyl (C=O) groups is 1. The fraction of sp³-hybridized carbons (Fsp3) is 0.250. The van der Waals surface area contributed by atoms with Gasteiger partial charge in [-0.1, -0.05) is 6.07 Å². The van der Waals surface area contributed by atoms with Crippen molar-refractivity contribution >= 4 is 11.7 Å². The van der Waals surface area contributed by atoms with Crippen molar-refractivity contribution in [2.24, 2.45) is 0 Å². The predicted octanol–water partition coefficient (Wildman–Crippen LogP) is 2.18. The number of benzene rings is 1. The van der Waals surface area contributed by atoms with E-state index in [1.165, 1.54) is 13.2 Å². The van der Waals surface area contributed by atoms with Crippen molar-refractivity contribution in [1.29, 1.82) is 0 Å². The van der Waals surface area contributed by atoms with Crippen LogP contribution in [-0.4, -0.2) is 20.2 Å². The summed E-state index contributed by atoms with van der Waals surface area (Å²) in [6.07, 6.45) is 1.39. The van der Waals surface area contributed by atoms with Crippen molar-refractivity contribution in [2.45, 2.75) is 6.92 Å². The Morgan fingerprint density at radius 2 is 2.12 bits per heavy atom. The Kier molecular flexibility index (Phi) is 4.39. The molecular weight excluding hydrogens is 206 g/mol. The molecule has 1 rings (SSSR count). The molecule has 0 aliphatic carbocycles. The monoisotopic (exact) mass is 221 g/mol. The van der Waals surface area contributed by atoms with Crippen molar-refractivity contribution < 1.29 is 14.3 Å². The lowest BCUT2D eigenvalue weighted by Gasteiger charge is -2.07. The quantitative estimate of drug-likeness (QED) is 0.625. The topological polar surface area (TPSA) is 47.6 Å². The highest BCUT2D eigenvalue weighted by atomic mass is 16.5. The van der Waals surface area contributed by atoms with E-state index in [1.807, 2.05) is 24.3 Å². The third kappa shape index (κ3) is 3.65. The molecule has 1 aromatic carbocycles. The first-order chi connectivity index (χ1) is 7.65. The molecule has 0 atom stereocenters. The van der Waals surface area contributed by atoms with Gasteiger partial charge in [-0.05, 0) is 19.1 Å². The SMILES string of the molecule is COC(=O)/C=C(\C)Nc1cccc(OC)c1. The van der Waals surface area contributed by atoms with Gasteiger partial charge in [-0.2, -0.15) is 0 Å². The molecular formula is C12H15NO3. The summed E-state index contributed by atoms with van der Waals surface area (Å²) in [5, 5.41) is 3.06. The highest BCUT2D eigenvalue weighted by Gasteiger charge is 1.98. The van der Waals surface area contributed by atoms with Gasteiger partial charge in [-0.3, -0.25) is 0 Å². The molecule has 0 saturated carbocycles. The molecule has 0 unspecified atom stereocenters. The van der Waals surface area contributed by atoms with Crippen molar-refractivity contribution in [3.05, 3.63) is 36.0 Å². The second-order valence-electron chi connectivity index (χ2n) is 3.21. The summed E-state index contributed by atoms with van der Waals surface area (Å²) in [5.74, 6) is 0.378. The van der Waals surface area contributed by atoms with Gasteiger partial charge in [0, 0.05) is 23.5 Å². The Morgan fingerprint density at radius 3 is 2.75 bits per heavy atom. The van der Waals surface area contributed by atoms with Crippen molar-refractivity contribution in [2.75, 3.05) is 19.5 Å². The van der Waals surface area contributed by atoms with Crippen LogP contribution in [0.15, 0.2) is 36.0 Å². The maximum absolute atomic E-state index is 11.0. The number of methoxy groups -OCH3 is 2. The van der Waals surface area contributed by atoms with E-state index in [2.05, 4.69) is 10.1 Å². The molecule has 16 heavy (non-hydrogen) atoms. The van der Waals surface area contributed by atoms with Crippen LogP contribution in [0.1, 0.15) is 6.92 Å². The molecule has 0 aromatic heterocycles. The lowest BCUT2D eigenvalue weighted by molar-refractivity contribution is -0.134. The van der Waals surface area contributed by atoms with Crippen LogP contribution in [-0.2, 0) is 9.53 Å². The molecule has 4 nitrogen and oxygen atoms in total. The van der Waals surface area contributed by atoms with Crippen LogP contribution in [0.4, 0.5) is 5.69 Å². The van der Waals surface area contributed by atoms with Crippen LogP contribution in [0, 0.1) is 0 Å². The molecule has 0 aliphatic rings. The zero-order valence-corrected chi connectivity index (χ0v) is 9.61. The summed E-state index contributed by atoms with van der Waals surface area (Å²) in [4.78, 5) is 11.0. The maximum Gasteiger partial charge on any atom is 0.332 e. The summed E-state index contributed by atoms with van der Waals surface area (Å²) in [6.45, 7) is 1.79. The van der Waals surface area contributed by atoms with Gasteiger partial charge in [0.05, 0.1) is 14.2 Å². The van der Waals surface area contributed by atoms with E-state index < -0.39 is 0 Å². The Hall–Kier alpha value is -1.97.